The van der Waals surface area contributed by atoms with Gasteiger partial charge in [0.1, 0.15) is 12.0 Å². The van der Waals surface area contributed by atoms with Gasteiger partial charge in [-0.25, -0.2) is 4.98 Å². The van der Waals surface area contributed by atoms with Gasteiger partial charge in [0.05, 0.1) is 6.61 Å². The summed E-state index contributed by atoms with van der Waals surface area (Å²) < 4.78 is 5.33. The van der Waals surface area contributed by atoms with E-state index in [1.165, 1.54) is 11.9 Å². The van der Waals surface area contributed by atoms with Crippen LogP contribution in [0.15, 0.2) is 36.7 Å². The molecule has 5 heteroatoms. The van der Waals surface area contributed by atoms with Crippen LogP contribution < -0.4 is 15.8 Å². The molecule has 2 rings (SSSR count). The lowest BCUT2D eigenvalue weighted by Gasteiger charge is -2.10. The standard InChI is InChI=1S/C14H18N4O/c1-2-19-14-12(15)13(17-10-18-14)16-9-8-11-6-4-3-5-7-11/h3-7,10H,2,8-9,15H2,1H3,(H,16,17,18). The molecule has 0 unspecified atom stereocenters. The minimum Gasteiger partial charge on any atom is -0.476 e. The molecule has 1 heterocycles. The lowest BCUT2D eigenvalue weighted by molar-refractivity contribution is 0.328. The normalized spacial score (nSPS) is 10.2. The first-order valence-corrected chi connectivity index (χ1v) is 6.32. The first kappa shape index (κ1) is 13.1. The average Bonchev–Trinajstić information content (AvgIpc) is 2.44. The van der Waals surface area contributed by atoms with Crippen molar-refractivity contribution in [3.63, 3.8) is 0 Å². The summed E-state index contributed by atoms with van der Waals surface area (Å²) in [5.41, 5.74) is 7.66. The van der Waals surface area contributed by atoms with Crippen LogP contribution in [-0.2, 0) is 6.42 Å². The molecule has 0 spiro atoms. The second kappa shape index (κ2) is 6.58. The van der Waals surface area contributed by atoms with Crippen molar-refractivity contribution < 1.29 is 4.74 Å². The third kappa shape index (κ3) is 3.58. The van der Waals surface area contributed by atoms with Gasteiger partial charge in [-0.15, -0.1) is 0 Å². The fourth-order valence-corrected chi connectivity index (χ4v) is 1.74. The number of hydrogen-bond donors (Lipinski definition) is 2. The fraction of sp³-hybridized carbons (Fsp3) is 0.286. The van der Waals surface area contributed by atoms with Crippen molar-refractivity contribution in [3.8, 4) is 5.88 Å². The second-order valence-corrected chi connectivity index (χ2v) is 4.04. The molecule has 0 aliphatic rings. The Hall–Kier alpha value is -2.30. The summed E-state index contributed by atoms with van der Waals surface area (Å²) in [7, 11) is 0. The van der Waals surface area contributed by atoms with Crippen molar-refractivity contribution in [3.05, 3.63) is 42.2 Å². The number of anilines is 2. The summed E-state index contributed by atoms with van der Waals surface area (Å²) in [6.07, 6.45) is 2.36. The Kier molecular flexibility index (Phi) is 4.55. The van der Waals surface area contributed by atoms with E-state index in [1.807, 2.05) is 25.1 Å². The van der Waals surface area contributed by atoms with Crippen LogP contribution in [-0.4, -0.2) is 23.1 Å². The van der Waals surface area contributed by atoms with Crippen LogP contribution in [0, 0.1) is 0 Å². The minimum atomic E-state index is 0.430. The lowest BCUT2D eigenvalue weighted by atomic mass is 10.1. The molecule has 0 fully saturated rings. The fourth-order valence-electron chi connectivity index (χ4n) is 1.74. The van der Waals surface area contributed by atoms with Crippen molar-refractivity contribution in [2.24, 2.45) is 0 Å². The molecule has 100 valence electrons. The van der Waals surface area contributed by atoms with Gasteiger partial charge in [-0.3, -0.25) is 0 Å². The van der Waals surface area contributed by atoms with Crippen LogP contribution in [0.4, 0.5) is 11.5 Å². The zero-order chi connectivity index (χ0) is 13.5. The van der Waals surface area contributed by atoms with Crippen molar-refractivity contribution in [2.75, 3.05) is 24.2 Å². The molecule has 0 radical (unpaired) electrons. The van der Waals surface area contributed by atoms with E-state index in [9.17, 15) is 0 Å². The Labute approximate surface area is 112 Å². The molecule has 0 saturated heterocycles. The summed E-state index contributed by atoms with van der Waals surface area (Å²) in [6, 6.07) is 10.3. The molecule has 19 heavy (non-hydrogen) atoms. The maximum absolute atomic E-state index is 5.94. The van der Waals surface area contributed by atoms with E-state index >= 15 is 0 Å². The van der Waals surface area contributed by atoms with Crippen LogP contribution >= 0.6 is 0 Å². The highest BCUT2D eigenvalue weighted by molar-refractivity contribution is 5.66. The number of aromatic nitrogens is 2. The number of nitrogens with one attached hydrogen (secondary N) is 1. The molecule has 5 nitrogen and oxygen atoms in total. The molecule has 0 amide bonds. The molecule has 1 aromatic carbocycles. The quantitative estimate of drug-likeness (QED) is 0.830. The zero-order valence-corrected chi connectivity index (χ0v) is 11.0. The van der Waals surface area contributed by atoms with E-state index in [0.29, 0.717) is 24.0 Å². The summed E-state index contributed by atoms with van der Waals surface area (Å²) in [5.74, 6) is 1.05. The van der Waals surface area contributed by atoms with Gasteiger partial charge in [0, 0.05) is 6.54 Å². The molecule has 0 aliphatic carbocycles. The lowest BCUT2D eigenvalue weighted by Crippen LogP contribution is -2.10. The predicted octanol–water partition coefficient (Wildman–Crippen LogP) is 2.11. The molecule has 0 saturated carbocycles. The van der Waals surface area contributed by atoms with E-state index in [0.717, 1.165) is 13.0 Å². The van der Waals surface area contributed by atoms with Crippen LogP contribution in [0.2, 0.25) is 0 Å². The van der Waals surface area contributed by atoms with Crippen LogP contribution in [0.25, 0.3) is 0 Å². The number of ether oxygens (including phenoxy) is 1. The van der Waals surface area contributed by atoms with Crippen molar-refractivity contribution >= 4 is 11.5 Å². The monoisotopic (exact) mass is 258 g/mol. The predicted molar refractivity (Wildman–Crippen MR) is 76.2 cm³/mol. The molecule has 0 atom stereocenters. The van der Waals surface area contributed by atoms with Gasteiger partial charge < -0.3 is 15.8 Å². The molecular formula is C14H18N4O. The van der Waals surface area contributed by atoms with Gasteiger partial charge in [0.2, 0.25) is 5.88 Å². The van der Waals surface area contributed by atoms with E-state index in [-0.39, 0.29) is 0 Å². The largest absolute Gasteiger partial charge is 0.476 e. The van der Waals surface area contributed by atoms with Crippen LogP contribution in [0.3, 0.4) is 0 Å². The van der Waals surface area contributed by atoms with E-state index < -0.39 is 0 Å². The topological polar surface area (TPSA) is 73.1 Å². The third-order valence-corrected chi connectivity index (χ3v) is 2.68. The highest BCUT2D eigenvalue weighted by Crippen LogP contribution is 2.24. The Morgan fingerprint density at radius 3 is 2.74 bits per heavy atom. The number of rotatable bonds is 6. The maximum Gasteiger partial charge on any atom is 0.242 e. The Morgan fingerprint density at radius 2 is 2.00 bits per heavy atom. The number of hydrogen-bond acceptors (Lipinski definition) is 5. The molecule has 1 aromatic heterocycles. The summed E-state index contributed by atoms with van der Waals surface area (Å²) >= 11 is 0. The van der Waals surface area contributed by atoms with Gasteiger partial charge in [-0.05, 0) is 18.9 Å². The molecule has 2 aromatic rings. The highest BCUT2D eigenvalue weighted by Gasteiger charge is 2.07. The van der Waals surface area contributed by atoms with Crippen LogP contribution in [0.5, 0.6) is 5.88 Å². The summed E-state index contributed by atoms with van der Waals surface area (Å²) in [4.78, 5) is 8.12. The van der Waals surface area contributed by atoms with E-state index in [1.54, 1.807) is 0 Å². The third-order valence-electron chi connectivity index (χ3n) is 2.68. The minimum absolute atomic E-state index is 0.430. The summed E-state index contributed by atoms with van der Waals surface area (Å²) in [6.45, 7) is 3.19. The second-order valence-electron chi connectivity index (χ2n) is 4.04. The molecule has 0 aliphatic heterocycles. The van der Waals surface area contributed by atoms with Gasteiger partial charge in [0.25, 0.3) is 0 Å². The number of nitrogen functional groups attached to an aromatic ring is 1. The van der Waals surface area contributed by atoms with Gasteiger partial charge in [-0.1, -0.05) is 30.3 Å². The SMILES string of the molecule is CCOc1ncnc(NCCc2ccccc2)c1N. The summed E-state index contributed by atoms with van der Waals surface area (Å²) in [5, 5.41) is 3.20. The van der Waals surface area contributed by atoms with Gasteiger partial charge >= 0.3 is 0 Å². The van der Waals surface area contributed by atoms with Crippen molar-refractivity contribution in [2.45, 2.75) is 13.3 Å². The average molecular weight is 258 g/mol. The van der Waals surface area contributed by atoms with Crippen LogP contribution in [0.1, 0.15) is 12.5 Å². The van der Waals surface area contributed by atoms with E-state index in [4.69, 9.17) is 10.5 Å². The molecular weight excluding hydrogens is 240 g/mol. The maximum atomic E-state index is 5.94. The molecule has 0 bridgehead atoms. The zero-order valence-electron chi connectivity index (χ0n) is 11.0. The van der Waals surface area contributed by atoms with Crippen molar-refractivity contribution in [1.82, 2.24) is 9.97 Å². The Morgan fingerprint density at radius 1 is 1.21 bits per heavy atom. The highest BCUT2D eigenvalue weighted by atomic mass is 16.5. The number of benzene rings is 1. The first-order chi connectivity index (χ1) is 9.31. The van der Waals surface area contributed by atoms with Crippen molar-refractivity contribution in [1.29, 1.82) is 0 Å². The van der Waals surface area contributed by atoms with E-state index in [2.05, 4.69) is 27.4 Å². The van der Waals surface area contributed by atoms with Gasteiger partial charge in [-0.2, -0.15) is 4.98 Å². The molecule has 3 N–H and O–H groups in total. The Balaban J connectivity index is 1.94. The number of nitrogens with two attached hydrogens (primary N) is 1. The first-order valence-electron chi connectivity index (χ1n) is 6.32. The Bertz CT molecular complexity index is 516. The van der Waals surface area contributed by atoms with Gasteiger partial charge in [0.15, 0.2) is 5.82 Å². The number of nitrogens with zero attached hydrogens (tertiary/aromatic N) is 2. The smallest absolute Gasteiger partial charge is 0.242 e.